The maximum atomic E-state index is 12.9. The summed E-state index contributed by atoms with van der Waals surface area (Å²) < 4.78 is 18.3. The lowest BCUT2D eigenvalue weighted by Crippen LogP contribution is -2.27. The fourth-order valence-corrected chi connectivity index (χ4v) is 2.03. The van der Waals surface area contributed by atoms with Crippen LogP contribution < -0.4 is 5.32 Å². The van der Waals surface area contributed by atoms with Crippen molar-refractivity contribution >= 4 is 21.8 Å². The Bertz CT molecular complexity index is 615. The van der Waals surface area contributed by atoms with Crippen LogP contribution >= 0.6 is 15.9 Å². The molecule has 2 rings (SSSR count). The highest BCUT2D eigenvalue weighted by Gasteiger charge is 2.18. The van der Waals surface area contributed by atoms with Gasteiger partial charge in [-0.25, -0.2) is 4.39 Å². The van der Waals surface area contributed by atoms with E-state index in [2.05, 4.69) is 31.4 Å². The molecule has 0 saturated heterocycles. The van der Waals surface area contributed by atoms with Crippen LogP contribution in [0.3, 0.4) is 0 Å². The molecule has 19 heavy (non-hydrogen) atoms. The van der Waals surface area contributed by atoms with Gasteiger partial charge < -0.3 is 9.84 Å². The molecule has 0 unspecified atom stereocenters. The number of nitrogens with one attached hydrogen (secondary N) is 1. The minimum Gasteiger partial charge on any atom is -0.340 e. The quantitative estimate of drug-likeness (QED) is 0.941. The van der Waals surface area contributed by atoms with Crippen LogP contribution in [0.4, 0.5) is 4.39 Å². The summed E-state index contributed by atoms with van der Waals surface area (Å²) in [6.07, 6.45) is 0. The molecule has 0 bridgehead atoms. The Morgan fingerprint density at radius 1 is 1.53 bits per heavy atom. The molecular formula is C12H11BrFN3O2. The molecule has 1 heterocycles. The molecule has 7 heteroatoms. The largest absolute Gasteiger partial charge is 0.340 e. The lowest BCUT2D eigenvalue weighted by molar-refractivity contribution is 0.0931. The van der Waals surface area contributed by atoms with Crippen molar-refractivity contribution in [3.8, 4) is 0 Å². The summed E-state index contributed by atoms with van der Waals surface area (Å²) in [5.41, 5.74) is 0.337. The summed E-state index contributed by atoms with van der Waals surface area (Å²) in [7, 11) is 0. The number of hydrogen-bond acceptors (Lipinski definition) is 4. The van der Waals surface area contributed by atoms with E-state index in [9.17, 15) is 9.18 Å². The standard InChI is InChI=1S/C12H11BrFN3O2/c1-6(12-16-7(2)17-19-12)15-11(18)9-4-3-8(14)5-10(9)13/h3-6H,1-2H3,(H,15,18)/t6-/m1/s1. The predicted molar refractivity (Wildman–Crippen MR) is 69.0 cm³/mol. The van der Waals surface area contributed by atoms with Crippen LogP contribution in [0.2, 0.25) is 0 Å². The number of carbonyl (C=O) groups excluding carboxylic acids is 1. The smallest absolute Gasteiger partial charge is 0.253 e. The molecule has 1 N–H and O–H groups in total. The van der Waals surface area contributed by atoms with Gasteiger partial charge in [-0.1, -0.05) is 5.16 Å². The van der Waals surface area contributed by atoms with Gasteiger partial charge in [0, 0.05) is 4.47 Å². The topological polar surface area (TPSA) is 68.0 Å². The third-order valence-corrected chi connectivity index (χ3v) is 3.09. The second kappa shape index (κ2) is 5.48. The zero-order valence-corrected chi connectivity index (χ0v) is 11.9. The molecule has 1 aromatic heterocycles. The zero-order chi connectivity index (χ0) is 14.0. The minimum atomic E-state index is -0.425. The molecule has 0 saturated carbocycles. The Morgan fingerprint density at radius 2 is 2.26 bits per heavy atom. The number of carbonyl (C=O) groups is 1. The summed E-state index contributed by atoms with van der Waals surface area (Å²) >= 11 is 3.15. The van der Waals surface area contributed by atoms with E-state index in [1.54, 1.807) is 13.8 Å². The molecule has 1 atom stereocenters. The fraction of sp³-hybridized carbons (Fsp3) is 0.250. The third-order valence-electron chi connectivity index (χ3n) is 2.44. The van der Waals surface area contributed by atoms with E-state index in [0.29, 0.717) is 21.8 Å². The van der Waals surface area contributed by atoms with Crippen LogP contribution in [-0.4, -0.2) is 16.0 Å². The van der Waals surface area contributed by atoms with Crippen LogP contribution in [0.15, 0.2) is 27.2 Å². The number of benzene rings is 1. The average Bonchev–Trinajstić information content (AvgIpc) is 2.75. The van der Waals surface area contributed by atoms with E-state index in [4.69, 9.17) is 4.52 Å². The SMILES string of the molecule is Cc1noc([C@@H](C)NC(=O)c2ccc(F)cc2Br)n1. The van der Waals surface area contributed by atoms with Gasteiger partial charge in [-0.05, 0) is 48.0 Å². The number of amides is 1. The predicted octanol–water partition coefficient (Wildman–Crippen LogP) is 2.77. The van der Waals surface area contributed by atoms with Gasteiger partial charge in [0.15, 0.2) is 5.82 Å². The number of rotatable bonds is 3. The molecule has 0 aliphatic rings. The Hall–Kier alpha value is -1.76. The van der Waals surface area contributed by atoms with E-state index >= 15 is 0 Å². The van der Waals surface area contributed by atoms with Crippen molar-refractivity contribution in [1.29, 1.82) is 0 Å². The van der Waals surface area contributed by atoms with Crippen molar-refractivity contribution in [2.75, 3.05) is 0 Å². The molecular weight excluding hydrogens is 317 g/mol. The van der Waals surface area contributed by atoms with E-state index < -0.39 is 11.9 Å². The summed E-state index contributed by atoms with van der Waals surface area (Å²) in [5, 5.41) is 6.35. The first-order chi connectivity index (χ1) is 8.97. The van der Waals surface area contributed by atoms with Gasteiger partial charge in [0.2, 0.25) is 5.89 Å². The number of nitrogens with zero attached hydrogens (tertiary/aromatic N) is 2. The maximum Gasteiger partial charge on any atom is 0.253 e. The highest BCUT2D eigenvalue weighted by atomic mass is 79.9. The molecule has 1 aromatic carbocycles. The lowest BCUT2D eigenvalue weighted by Gasteiger charge is -2.10. The van der Waals surface area contributed by atoms with Gasteiger partial charge in [-0.15, -0.1) is 0 Å². The van der Waals surface area contributed by atoms with Crippen molar-refractivity contribution in [3.63, 3.8) is 0 Å². The maximum absolute atomic E-state index is 12.9. The van der Waals surface area contributed by atoms with Crippen molar-refractivity contribution in [1.82, 2.24) is 15.5 Å². The monoisotopic (exact) mass is 327 g/mol. The van der Waals surface area contributed by atoms with Gasteiger partial charge in [0.1, 0.15) is 11.9 Å². The first-order valence-electron chi connectivity index (χ1n) is 5.53. The normalized spacial score (nSPS) is 12.2. The first kappa shape index (κ1) is 13.7. The Labute approximate surface area is 117 Å². The first-order valence-corrected chi connectivity index (χ1v) is 6.33. The number of aryl methyl sites for hydroxylation is 1. The Kier molecular flexibility index (Phi) is 3.94. The van der Waals surface area contributed by atoms with Crippen LogP contribution in [0.5, 0.6) is 0 Å². The van der Waals surface area contributed by atoms with Crippen molar-refractivity contribution in [2.24, 2.45) is 0 Å². The Balaban J connectivity index is 2.12. The molecule has 0 aliphatic heterocycles. The lowest BCUT2D eigenvalue weighted by atomic mass is 10.2. The van der Waals surface area contributed by atoms with Gasteiger partial charge in [0.25, 0.3) is 5.91 Å². The zero-order valence-electron chi connectivity index (χ0n) is 10.3. The molecule has 0 aliphatic carbocycles. The number of hydrogen-bond donors (Lipinski definition) is 1. The van der Waals surface area contributed by atoms with Crippen molar-refractivity contribution in [3.05, 3.63) is 45.8 Å². The van der Waals surface area contributed by atoms with E-state index in [-0.39, 0.29) is 5.91 Å². The highest BCUT2D eigenvalue weighted by molar-refractivity contribution is 9.10. The average molecular weight is 328 g/mol. The van der Waals surface area contributed by atoms with E-state index in [1.165, 1.54) is 18.2 Å². The molecule has 0 spiro atoms. The summed E-state index contributed by atoms with van der Waals surface area (Å²) in [5.74, 6) is 0.0578. The fourth-order valence-electron chi connectivity index (χ4n) is 1.50. The molecule has 2 aromatic rings. The Morgan fingerprint density at radius 3 is 2.84 bits per heavy atom. The minimum absolute atomic E-state index is 0.323. The third kappa shape index (κ3) is 3.17. The van der Waals surface area contributed by atoms with Gasteiger partial charge in [0.05, 0.1) is 5.56 Å². The molecule has 0 fully saturated rings. The number of halogens is 2. The van der Waals surface area contributed by atoms with Crippen LogP contribution in [0, 0.1) is 12.7 Å². The summed E-state index contributed by atoms with van der Waals surface area (Å²) in [4.78, 5) is 16.0. The number of aromatic nitrogens is 2. The van der Waals surface area contributed by atoms with Gasteiger partial charge in [-0.3, -0.25) is 4.79 Å². The van der Waals surface area contributed by atoms with Gasteiger partial charge >= 0.3 is 0 Å². The van der Waals surface area contributed by atoms with Crippen LogP contribution in [0.1, 0.15) is 35.0 Å². The molecule has 5 nitrogen and oxygen atoms in total. The molecule has 0 radical (unpaired) electrons. The van der Waals surface area contributed by atoms with Crippen LogP contribution in [-0.2, 0) is 0 Å². The summed E-state index contributed by atoms with van der Waals surface area (Å²) in [6, 6.07) is 3.43. The van der Waals surface area contributed by atoms with Crippen LogP contribution in [0.25, 0.3) is 0 Å². The van der Waals surface area contributed by atoms with Crippen molar-refractivity contribution in [2.45, 2.75) is 19.9 Å². The molecule has 1 amide bonds. The van der Waals surface area contributed by atoms with E-state index in [0.717, 1.165) is 0 Å². The highest BCUT2D eigenvalue weighted by Crippen LogP contribution is 2.19. The second-order valence-electron chi connectivity index (χ2n) is 4.00. The van der Waals surface area contributed by atoms with E-state index in [1.807, 2.05) is 0 Å². The van der Waals surface area contributed by atoms with Gasteiger partial charge in [-0.2, -0.15) is 4.98 Å². The van der Waals surface area contributed by atoms with Crippen molar-refractivity contribution < 1.29 is 13.7 Å². The summed E-state index contributed by atoms with van der Waals surface area (Å²) in [6.45, 7) is 3.42. The second-order valence-corrected chi connectivity index (χ2v) is 4.85. The molecule has 100 valence electrons.